The number of aryl methyl sites for hydroxylation is 2. The second kappa shape index (κ2) is 4.93. The first-order valence-electron chi connectivity index (χ1n) is 6.07. The van der Waals surface area contributed by atoms with Gasteiger partial charge in [0.1, 0.15) is 10.7 Å². The van der Waals surface area contributed by atoms with E-state index in [1.54, 1.807) is 29.9 Å². The van der Waals surface area contributed by atoms with Gasteiger partial charge >= 0.3 is 0 Å². The molecule has 0 aliphatic rings. The summed E-state index contributed by atoms with van der Waals surface area (Å²) in [5, 5.41) is 3.01. The third-order valence-electron chi connectivity index (χ3n) is 3.07. The number of aromatic nitrogens is 4. The Morgan fingerprint density at radius 1 is 1.16 bits per heavy atom. The van der Waals surface area contributed by atoms with Gasteiger partial charge in [-0.2, -0.15) is 0 Å². The maximum Gasteiger partial charge on any atom is 0.143 e. The molecular formula is C14H14N4S. The lowest BCUT2D eigenvalue weighted by molar-refractivity contribution is 0.735. The lowest BCUT2D eigenvalue weighted by atomic mass is 10.4. The molecule has 0 radical (unpaired) electrons. The Morgan fingerprint density at radius 2 is 1.95 bits per heavy atom. The van der Waals surface area contributed by atoms with Crippen LogP contribution in [0.4, 0.5) is 0 Å². The van der Waals surface area contributed by atoms with E-state index in [0.717, 1.165) is 22.9 Å². The van der Waals surface area contributed by atoms with Gasteiger partial charge in [0.15, 0.2) is 0 Å². The van der Waals surface area contributed by atoms with Crippen LogP contribution in [0.3, 0.4) is 0 Å². The van der Waals surface area contributed by atoms with Crippen molar-refractivity contribution in [1.29, 1.82) is 0 Å². The topological polar surface area (TPSA) is 43.6 Å². The molecule has 0 N–H and O–H groups in total. The summed E-state index contributed by atoms with van der Waals surface area (Å²) in [6.45, 7) is 5.04. The Bertz CT molecular complexity index is 665. The van der Waals surface area contributed by atoms with Crippen LogP contribution in [-0.4, -0.2) is 19.5 Å². The average Bonchev–Trinajstić information content (AvgIpc) is 3.02. The molecule has 0 aromatic carbocycles. The zero-order valence-electron chi connectivity index (χ0n) is 10.9. The third-order valence-corrected chi connectivity index (χ3v) is 3.99. The van der Waals surface area contributed by atoms with Crippen molar-refractivity contribution in [3.05, 3.63) is 53.2 Å². The zero-order valence-corrected chi connectivity index (χ0v) is 11.7. The number of hydrogen-bond acceptors (Lipinski definition) is 4. The molecule has 5 heteroatoms. The minimum atomic E-state index is 0.807. The fourth-order valence-electron chi connectivity index (χ4n) is 2.02. The van der Waals surface area contributed by atoms with Gasteiger partial charge in [0.05, 0.1) is 18.4 Å². The molecule has 0 aliphatic carbocycles. The number of thiazole rings is 1. The van der Waals surface area contributed by atoms with Gasteiger partial charge in [-0.3, -0.25) is 9.97 Å². The highest BCUT2D eigenvalue weighted by Crippen LogP contribution is 2.22. The molecule has 4 nitrogen and oxygen atoms in total. The Morgan fingerprint density at radius 3 is 2.63 bits per heavy atom. The molecule has 3 rings (SSSR count). The van der Waals surface area contributed by atoms with Crippen molar-refractivity contribution in [2.45, 2.75) is 20.4 Å². The van der Waals surface area contributed by atoms with E-state index in [9.17, 15) is 0 Å². The number of nitrogens with zero attached hydrogens (tertiary/aromatic N) is 4. The molecule has 0 unspecified atom stereocenters. The van der Waals surface area contributed by atoms with Crippen molar-refractivity contribution in [1.82, 2.24) is 19.5 Å². The van der Waals surface area contributed by atoms with E-state index >= 15 is 0 Å². The fourth-order valence-corrected chi connectivity index (χ4v) is 2.79. The van der Waals surface area contributed by atoms with E-state index in [1.165, 1.54) is 11.4 Å². The summed E-state index contributed by atoms with van der Waals surface area (Å²) < 4.78 is 2.26. The van der Waals surface area contributed by atoms with E-state index in [-0.39, 0.29) is 0 Å². The molecule has 19 heavy (non-hydrogen) atoms. The van der Waals surface area contributed by atoms with Crippen molar-refractivity contribution in [2.24, 2.45) is 0 Å². The van der Waals surface area contributed by atoms with Crippen LogP contribution in [0.5, 0.6) is 0 Å². The molecule has 0 fully saturated rings. The second-order valence-corrected chi connectivity index (χ2v) is 5.29. The summed E-state index contributed by atoms with van der Waals surface area (Å²) in [5.41, 5.74) is 4.41. The van der Waals surface area contributed by atoms with Crippen molar-refractivity contribution >= 4 is 11.3 Å². The summed E-state index contributed by atoms with van der Waals surface area (Å²) in [4.78, 5) is 13.0. The third kappa shape index (κ3) is 2.42. The summed E-state index contributed by atoms with van der Waals surface area (Å²) >= 11 is 1.61. The van der Waals surface area contributed by atoms with Crippen LogP contribution in [0.15, 0.2) is 36.1 Å². The summed E-state index contributed by atoms with van der Waals surface area (Å²) in [7, 11) is 0. The Kier molecular flexibility index (Phi) is 3.13. The molecule has 0 amide bonds. The quantitative estimate of drug-likeness (QED) is 0.734. The first-order valence-corrected chi connectivity index (χ1v) is 6.95. The largest absolute Gasteiger partial charge is 0.343 e. The van der Waals surface area contributed by atoms with E-state index in [1.807, 2.05) is 0 Å². The highest BCUT2D eigenvalue weighted by molar-refractivity contribution is 7.13. The molecule has 3 aromatic rings. The SMILES string of the molecule is Cc1ccc(C)n1Cc1csc(-c2cnccn2)n1. The monoisotopic (exact) mass is 270 g/mol. The Labute approximate surface area is 115 Å². The van der Waals surface area contributed by atoms with E-state index in [0.29, 0.717) is 0 Å². The van der Waals surface area contributed by atoms with Crippen LogP contribution < -0.4 is 0 Å². The van der Waals surface area contributed by atoms with Crippen molar-refractivity contribution in [3.8, 4) is 10.7 Å². The molecule has 96 valence electrons. The van der Waals surface area contributed by atoms with Gasteiger partial charge in [-0.25, -0.2) is 4.98 Å². The summed E-state index contributed by atoms with van der Waals surface area (Å²) in [6.07, 6.45) is 5.11. The Hall–Kier alpha value is -2.01. The van der Waals surface area contributed by atoms with Gasteiger partial charge in [-0.15, -0.1) is 11.3 Å². The van der Waals surface area contributed by atoms with Crippen LogP contribution in [-0.2, 0) is 6.54 Å². The minimum absolute atomic E-state index is 0.807. The van der Waals surface area contributed by atoms with E-state index < -0.39 is 0 Å². The van der Waals surface area contributed by atoms with Gasteiger partial charge < -0.3 is 4.57 Å². The van der Waals surface area contributed by atoms with Gasteiger partial charge in [0.2, 0.25) is 0 Å². The lowest BCUT2D eigenvalue weighted by Gasteiger charge is -2.06. The predicted molar refractivity (Wildman–Crippen MR) is 76.1 cm³/mol. The molecule has 0 saturated carbocycles. The summed E-state index contributed by atoms with van der Waals surface area (Å²) in [5.74, 6) is 0. The number of hydrogen-bond donors (Lipinski definition) is 0. The maximum atomic E-state index is 4.63. The Balaban J connectivity index is 1.87. The van der Waals surface area contributed by atoms with Gasteiger partial charge in [0, 0.05) is 29.2 Å². The van der Waals surface area contributed by atoms with Crippen molar-refractivity contribution < 1.29 is 0 Å². The molecule has 0 aliphatic heterocycles. The smallest absolute Gasteiger partial charge is 0.143 e. The normalized spacial score (nSPS) is 10.8. The van der Waals surface area contributed by atoms with Crippen LogP contribution >= 0.6 is 11.3 Å². The minimum Gasteiger partial charge on any atom is -0.343 e. The van der Waals surface area contributed by atoms with E-state index in [4.69, 9.17) is 0 Å². The molecule has 3 aromatic heterocycles. The first kappa shape index (κ1) is 12.0. The fraction of sp³-hybridized carbons (Fsp3) is 0.214. The van der Waals surface area contributed by atoms with Crippen LogP contribution in [0.2, 0.25) is 0 Å². The second-order valence-electron chi connectivity index (χ2n) is 4.44. The molecule has 0 bridgehead atoms. The van der Waals surface area contributed by atoms with Crippen LogP contribution in [0.25, 0.3) is 10.7 Å². The number of rotatable bonds is 3. The van der Waals surface area contributed by atoms with Crippen molar-refractivity contribution in [3.63, 3.8) is 0 Å². The molecule has 0 spiro atoms. The first-order chi connectivity index (χ1) is 9.24. The zero-order chi connectivity index (χ0) is 13.2. The highest BCUT2D eigenvalue weighted by atomic mass is 32.1. The van der Waals surface area contributed by atoms with Gasteiger partial charge in [-0.1, -0.05) is 0 Å². The highest BCUT2D eigenvalue weighted by Gasteiger charge is 2.08. The van der Waals surface area contributed by atoms with Crippen LogP contribution in [0.1, 0.15) is 17.1 Å². The molecule has 3 heterocycles. The standard InChI is InChI=1S/C14H14N4S/c1-10-3-4-11(2)18(10)8-12-9-19-14(17-12)13-7-15-5-6-16-13/h3-7,9H,8H2,1-2H3. The molecule has 0 atom stereocenters. The molecular weight excluding hydrogens is 256 g/mol. The molecule has 0 saturated heterocycles. The van der Waals surface area contributed by atoms with Crippen LogP contribution in [0, 0.1) is 13.8 Å². The van der Waals surface area contributed by atoms with E-state index in [2.05, 4.69) is 50.9 Å². The predicted octanol–water partition coefficient (Wildman–Crippen LogP) is 3.07. The summed E-state index contributed by atoms with van der Waals surface area (Å²) in [6, 6.07) is 4.26. The maximum absolute atomic E-state index is 4.63. The average molecular weight is 270 g/mol. The van der Waals surface area contributed by atoms with Crippen molar-refractivity contribution in [2.75, 3.05) is 0 Å². The lowest BCUT2D eigenvalue weighted by Crippen LogP contribution is -2.03. The van der Waals surface area contributed by atoms with Gasteiger partial charge in [0.25, 0.3) is 0 Å². The van der Waals surface area contributed by atoms with Gasteiger partial charge in [-0.05, 0) is 26.0 Å².